The molecular formula is C27H26F4N4. The number of rotatable bonds is 3. The molecule has 3 aromatic carbocycles. The fraction of sp³-hybridized carbons (Fsp3) is 0.259. The predicted molar refractivity (Wildman–Crippen MR) is 130 cm³/mol. The maximum absolute atomic E-state index is 14.9. The second-order valence-corrected chi connectivity index (χ2v) is 8.61. The van der Waals surface area contributed by atoms with Gasteiger partial charge in [-0.25, -0.2) is 27.5 Å². The van der Waals surface area contributed by atoms with Gasteiger partial charge in [0, 0.05) is 12.1 Å². The lowest BCUT2D eigenvalue weighted by atomic mass is 9.98. The Morgan fingerprint density at radius 3 is 1.74 bits per heavy atom. The van der Waals surface area contributed by atoms with E-state index >= 15 is 0 Å². The lowest BCUT2D eigenvalue weighted by molar-refractivity contribution is 0.187. The lowest BCUT2D eigenvalue weighted by Crippen LogP contribution is -2.54. The maximum Gasteiger partial charge on any atom is 0.205 e. The average Bonchev–Trinajstić information content (AvgIpc) is 2.81. The summed E-state index contributed by atoms with van der Waals surface area (Å²) < 4.78 is 56.7. The number of nitrogens with zero attached hydrogens (tertiary/aromatic N) is 3. The third-order valence-electron chi connectivity index (χ3n) is 6.00. The van der Waals surface area contributed by atoms with Gasteiger partial charge in [0.2, 0.25) is 5.96 Å². The van der Waals surface area contributed by atoms with E-state index in [1.807, 2.05) is 4.90 Å². The minimum Gasteiger partial charge on any atom is -0.337 e. The highest BCUT2D eigenvalue weighted by atomic mass is 19.1. The lowest BCUT2D eigenvalue weighted by Gasteiger charge is -2.41. The summed E-state index contributed by atoms with van der Waals surface area (Å²) in [6, 6.07) is 14.6. The van der Waals surface area contributed by atoms with Crippen LogP contribution in [0.3, 0.4) is 0 Å². The number of likely N-dealkylation sites (tertiary alicyclic amines) is 1. The average molecular weight is 483 g/mol. The highest BCUT2D eigenvalue weighted by molar-refractivity contribution is 6.10. The van der Waals surface area contributed by atoms with Crippen LogP contribution in [0.1, 0.15) is 38.7 Å². The summed E-state index contributed by atoms with van der Waals surface area (Å²) in [5, 5.41) is 3.07. The van der Waals surface area contributed by atoms with Gasteiger partial charge in [0.15, 0.2) is 0 Å². The van der Waals surface area contributed by atoms with Crippen molar-refractivity contribution in [2.45, 2.75) is 45.2 Å². The van der Waals surface area contributed by atoms with Crippen molar-refractivity contribution in [2.75, 3.05) is 0 Å². The fourth-order valence-electron chi connectivity index (χ4n) is 4.25. The maximum atomic E-state index is 14.9. The van der Waals surface area contributed by atoms with Crippen LogP contribution < -0.4 is 5.32 Å². The van der Waals surface area contributed by atoms with Crippen molar-refractivity contribution in [3.8, 4) is 0 Å². The minimum absolute atomic E-state index is 0.0861. The molecule has 1 N–H and O–H groups in total. The molecule has 4 rings (SSSR count). The first-order chi connectivity index (χ1) is 16.8. The Labute approximate surface area is 202 Å². The van der Waals surface area contributed by atoms with E-state index in [0.29, 0.717) is 17.3 Å². The largest absolute Gasteiger partial charge is 0.337 e. The van der Waals surface area contributed by atoms with Gasteiger partial charge in [-0.15, -0.1) is 0 Å². The van der Waals surface area contributed by atoms with Gasteiger partial charge in [-0.05, 0) is 93.8 Å². The summed E-state index contributed by atoms with van der Waals surface area (Å²) in [4.78, 5) is 11.2. The fourth-order valence-corrected chi connectivity index (χ4v) is 4.25. The van der Waals surface area contributed by atoms with Gasteiger partial charge in [-0.1, -0.05) is 6.07 Å². The van der Waals surface area contributed by atoms with Crippen molar-refractivity contribution in [2.24, 2.45) is 9.98 Å². The molecular weight excluding hydrogens is 456 g/mol. The number of nitrogens with one attached hydrogen (secondary N) is 1. The normalized spacial score (nSPS) is 19.1. The molecule has 1 heterocycles. The number of benzene rings is 3. The SMILES string of the molecule is CC1CCCC(C)N1/C(=N/c1ccc(F)cc1)N/C(=N/c1ccc(F)cc1)c1c(F)cccc1F. The Balaban J connectivity index is 1.85. The van der Waals surface area contributed by atoms with Crippen LogP contribution in [0.2, 0.25) is 0 Å². The molecule has 1 aliphatic rings. The summed E-state index contributed by atoms with van der Waals surface area (Å²) >= 11 is 0. The van der Waals surface area contributed by atoms with Crippen molar-refractivity contribution in [3.63, 3.8) is 0 Å². The Kier molecular flexibility index (Phi) is 7.48. The van der Waals surface area contributed by atoms with E-state index in [1.165, 1.54) is 54.6 Å². The first kappa shape index (κ1) is 24.4. The molecule has 8 heteroatoms. The number of amidine groups is 1. The van der Waals surface area contributed by atoms with Gasteiger partial charge < -0.3 is 10.2 Å². The molecule has 0 spiro atoms. The third-order valence-corrected chi connectivity index (χ3v) is 6.00. The molecule has 2 atom stereocenters. The highest BCUT2D eigenvalue weighted by Gasteiger charge is 2.29. The molecule has 2 unspecified atom stereocenters. The highest BCUT2D eigenvalue weighted by Crippen LogP contribution is 2.25. The first-order valence-electron chi connectivity index (χ1n) is 11.5. The van der Waals surface area contributed by atoms with Crippen LogP contribution in [-0.4, -0.2) is 28.8 Å². The zero-order valence-electron chi connectivity index (χ0n) is 19.5. The molecule has 1 fully saturated rings. The van der Waals surface area contributed by atoms with Crippen LogP contribution in [-0.2, 0) is 0 Å². The molecule has 4 nitrogen and oxygen atoms in total. The molecule has 0 radical (unpaired) electrons. The van der Waals surface area contributed by atoms with Crippen LogP contribution in [0.15, 0.2) is 76.7 Å². The molecule has 0 bridgehead atoms. The summed E-state index contributed by atoms with van der Waals surface area (Å²) in [5.74, 6) is -2.24. The second-order valence-electron chi connectivity index (χ2n) is 8.61. The number of aliphatic imine (C=N–C) groups is 2. The van der Waals surface area contributed by atoms with Gasteiger partial charge in [0.25, 0.3) is 0 Å². The number of guanidine groups is 1. The summed E-state index contributed by atoms with van der Waals surface area (Å²) in [6.45, 7) is 4.11. The third kappa shape index (κ3) is 5.88. The van der Waals surface area contributed by atoms with Crippen LogP contribution in [0.5, 0.6) is 0 Å². The van der Waals surface area contributed by atoms with Gasteiger partial charge in [-0.2, -0.15) is 0 Å². The zero-order chi connectivity index (χ0) is 24.9. The molecule has 1 saturated heterocycles. The Hall–Kier alpha value is -3.68. The second kappa shape index (κ2) is 10.7. The number of halogens is 4. The van der Waals surface area contributed by atoms with Gasteiger partial charge in [0.1, 0.15) is 29.1 Å². The first-order valence-corrected chi connectivity index (χ1v) is 11.5. The van der Waals surface area contributed by atoms with E-state index in [-0.39, 0.29) is 23.5 Å². The molecule has 0 amide bonds. The van der Waals surface area contributed by atoms with E-state index in [9.17, 15) is 17.6 Å². The van der Waals surface area contributed by atoms with Crippen LogP contribution in [0.25, 0.3) is 0 Å². The van der Waals surface area contributed by atoms with Crippen molar-refractivity contribution in [1.82, 2.24) is 10.2 Å². The van der Waals surface area contributed by atoms with Gasteiger partial charge in [0.05, 0.1) is 16.9 Å². The molecule has 0 saturated carbocycles. The monoisotopic (exact) mass is 482 g/mol. The summed E-state index contributed by atoms with van der Waals surface area (Å²) in [6.07, 6.45) is 2.86. The van der Waals surface area contributed by atoms with Crippen LogP contribution >= 0.6 is 0 Å². The number of hydrogen-bond donors (Lipinski definition) is 1. The topological polar surface area (TPSA) is 40.0 Å². The molecule has 35 heavy (non-hydrogen) atoms. The number of piperidine rings is 1. The molecule has 3 aromatic rings. The van der Waals surface area contributed by atoms with E-state index in [0.717, 1.165) is 31.4 Å². The summed E-state index contributed by atoms with van der Waals surface area (Å²) in [7, 11) is 0. The van der Waals surface area contributed by atoms with E-state index in [2.05, 4.69) is 29.1 Å². The van der Waals surface area contributed by atoms with Gasteiger partial charge in [-0.3, -0.25) is 0 Å². The quantitative estimate of drug-likeness (QED) is 0.252. The van der Waals surface area contributed by atoms with Crippen molar-refractivity contribution < 1.29 is 17.6 Å². The number of hydrogen-bond acceptors (Lipinski definition) is 2. The minimum atomic E-state index is -0.806. The molecule has 0 aromatic heterocycles. The molecule has 182 valence electrons. The standard InChI is InChI=1S/C27H26F4N4/c1-17-5-3-6-18(2)35(17)27(33-22-15-11-20(29)12-16-22)34-26(25-23(30)7-4-8-24(25)31)32-21-13-9-19(28)10-14-21/h4,7-18H,3,5-6H2,1-2H3,(H,32,33,34). The van der Waals surface area contributed by atoms with E-state index in [1.54, 1.807) is 0 Å². The molecule has 0 aliphatic carbocycles. The van der Waals surface area contributed by atoms with Crippen molar-refractivity contribution >= 4 is 23.2 Å². The van der Waals surface area contributed by atoms with E-state index < -0.39 is 23.3 Å². The Morgan fingerprint density at radius 1 is 0.743 bits per heavy atom. The zero-order valence-corrected chi connectivity index (χ0v) is 19.5. The van der Waals surface area contributed by atoms with E-state index in [4.69, 9.17) is 0 Å². The Bertz CT molecular complexity index is 1190. The van der Waals surface area contributed by atoms with Gasteiger partial charge >= 0.3 is 0 Å². The van der Waals surface area contributed by atoms with Crippen molar-refractivity contribution in [3.05, 3.63) is 95.6 Å². The van der Waals surface area contributed by atoms with Crippen LogP contribution in [0, 0.1) is 23.3 Å². The van der Waals surface area contributed by atoms with Crippen molar-refractivity contribution in [1.29, 1.82) is 0 Å². The predicted octanol–water partition coefficient (Wildman–Crippen LogP) is 6.86. The molecule has 1 aliphatic heterocycles. The smallest absolute Gasteiger partial charge is 0.205 e. The van der Waals surface area contributed by atoms with Crippen LogP contribution in [0.4, 0.5) is 28.9 Å². The summed E-state index contributed by atoms with van der Waals surface area (Å²) in [5.41, 5.74) is 0.410. The Morgan fingerprint density at radius 2 is 1.23 bits per heavy atom.